The standard InChI is InChI=1S/C26H21NO6/c1-16-6-4-7-17(14-16)32-13-12-27-22(28)15-33-26(31)21-11-5-10-20-23(21)25(30)19-9-3-2-8-18(19)24(20)29/h2-11,14H,12-13,15H2,1H3,(H,27,28). The number of rotatable bonds is 7. The molecule has 33 heavy (non-hydrogen) atoms. The number of carbonyl (C=O) groups is 4. The Morgan fingerprint density at radius 3 is 2.30 bits per heavy atom. The number of aryl methyl sites for hydroxylation is 1. The summed E-state index contributed by atoms with van der Waals surface area (Å²) in [7, 11) is 0. The van der Waals surface area contributed by atoms with Crippen LogP contribution in [-0.2, 0) is 9.53 Å². The summed E-state index contributed by atoms with van der Waals surface area (Å²) in [5.74, 6) is -1.41. The van der Waals surface area contributed by atoms with Crippen LogP contribution in [0, 0.1) is 6.92 Å². The molecule has 0 heterocycles. The highest BCUT2D eigenvalue weighted by molar-refractivity contribution is 6.30. The molecule has 0 unspecified atom stereocenters. The number of amides is 1. The van der Waals surface area contributed by atoms with Crippen LogP contribution in [0.2, 0.25) is 0 Å². The van der Waals surface area contributed by atoms with Gasteiger partial charge in [-0.25, -0.2) is 4.79 Å². The monoisotopic (exact) mass is 443 g/mol. The van der Waals surface area contributed by atoms with Crippen molar-refractivity contribution in [3.05, 3.63) is 100 Å². The zero-order chi connectivity index (χ0) is 23.4. The lowest BCUT2D eigenvalue weighted by Crippen LogP contribution is -2.32. The van der Waals surface area contributed by atoms with E-state index in [1.165, 1.54) is 18.2 Å². The maximum atomic E-state index is 13.0. The van der Waals surface area contributed by atoms with Crippen molar-refractivity contribution in [2.24, 2.45) is 0 Å². The van der Waals surface area contributed by atoms with Gasteiger partial charge in [-0.3, -0.25) is 14.4 Å². The first-order valence-electron chi connectivity index (χ1n) is 10.4. The molecule has 0 aromatic heterocycles. The molecule has 0 saturated carbocycles. The molecule has 0 radical (unpaired) electrons. The average molecular weight is 443 g/mol. The molecule has 0 aliphatic heterocycles. The number of ether oxygens (including phenoxy) is 2. The molecule has 166 valence electrons. The highest BCUT2D eigenvalue weighted by Gasteiger charge is 2.33. The zero-order valence-corrected chi connectivity index (χ0v) is 17.9. The van der Waals surface area contributed by atoms with Gasteiger partial charge in [-0.15, -0.1) is 0 Å². The van der Waals surface area contributed by atoms with E-state index in [0.29, 0.717) is 11.3 Å². The molecule has 7 nitrogen and oxygen atoms in total. The van der Waals surface area contributed by atoms with Crippen molar-refractivity contribution in [2.75, 3.05) is 19.8 Å². The van der Waals surface area contributed by atoms with E-state index in [4.69, 9.17) is 9.47 Å². The highest BCUT2D eigenvalue weighted by Crippen LogP contribution is 2.29. The Morgan fingerprint density at radius 1 is 0.848 bits per heavy atom. The third-order valence-corrected chi connectivity index (χ3v) is 5.19. The summed E-state index contributed by atoms with van der Waals surface area (Å²) in [6, 6.07) is 18.4. The molecule has 3 aromatic rings. The van der Waals surface area contributed by atoms with Gasteiger partial charge in [-0.1, -0.05) is 48.5 Å². The minimum absolute atomic E-state index is 0.00170. The van der Waals surface area contributed by atoms with Crippen molar-refractivity contribution in [3.63, 3.8) is 0 Å². The first-order chi connectivity index (χ1) is 16.0. The largest absolute Gasteiger partial charge is 0.492 e. The number of carbonyl (C=O) groups excluding carboxylic acids is 4. The minimum Gasteiger partial charge on any atom is -0.492 e. The van der Waals surface area contributed by atoms with Crippen LogP contribution in [0.25, 0.3) is 0 Å². The normalized spacial score (nSPS) is 11.9. The van der Waals surface area contributed by atoms with E-state index in [2.05, 4.69) is 5.32 Å². The van der Waals surface area contributed by atoms with Crippen LogP contribution >= 0.6 is 0 Å². The number of ketones is 2. The van der Waals surface area contributed by atoms with Crippen molar-refractivity contribution >= 4 is 23.4 Å². The molecule has 7 heteroatoms. The number of esters is 1. The van der Waals surface area contributed by atoms with E-state index in [1.54, 1.807) is 24.3 Å². The highest BCUT2D eigenvalue weighted by atomic mass is 16.5. The third kappa shape index (κ3) is 4.67. The van der Waals surface area contributed by atoms with Gasteiger partial charge >= 0.3 is 5.97 Å². The summed E-state index contributed by atoms with van der Waals surface area (Å²) in [6.45, 7) is 1.92. The van der Waals surface area contributed by atoms with E-state index in [9.17, 15) is 19.2 Å². The lowest BCUT2D eigenvalue weighted by Gasteiger charge is -2.19. The first kappa shape index (κ1) is 22.0. The summed E-state index contributed by atoms with van der Waals surface area (Å²) >= 11 is 0. The molecular formula is C26H21NO6. The smallest absolute Gasteiger partial charge is 0.339 e. The van der Waals surface area contributed by atoms with E-state index in [1.807, 2.05) is 31.2 Å². The molecule has 0 bridgehead atoms. The van der Waals surface area contributed by atoms with Gasteiger partial charge in [0.25, 0.3) is 5.91 Å². The van der Waals surface area contributed by atoms with Crippen molar-refractivity contribution in [2.45, 2.75) is 6.92 Å². The topological polar surface area (TPSA) is 98.8 Å². The molecule has 0 spiro atoms. The lowest BCUT2D eigenvalue weighted by molar-refractivity contribution is -0.124. The fraction of sp³-hybridized carbons (Fsp3) is 0.154. The van der Waals surface area contributed by atoms with Gasteiger partial charge in [0, 0.05) is 22.3 Å². The van der Waals surface area contributed by atoms with Gasteiger partial charge in [0.05, 0.1) is 12.1 Å². The lowest BCUT2D eigenvalue weighted by atomic mass is 9.82. The Kier molecular flexibility index (Phi) is 6.31. The Morgan fingerprint density at radius 2 is 1.55 bits per heavy atom. The summed E-state index contributed by atoms with van der Waals surface area (Å²) in [5.41, 5.74) is 1.70. The van der Waals surface area contributed by atoms with Crippen LogP contribution in [0.3, 0.4) is 0 Å². The second kappa shape index (κ2) is 9.48. The van der Waals surface area contributed by atoms with Gasteiger partial charge < -0.3 is 14.8 Å². The Labute approximate surface area is 190 Å². The summed E-state index contributed by atoms with van der Waals surface area (Å²) in [6.07, 6.45) is 0. The Hall–Kier alpha value is -4.26. The molecule has 1 amide bonds. The van der Waals surface area contributed by atoms with Crippen LogP contribution in [-0.4, -0.2) is 43.2 Å². The van der Waals surface area contributed by atoms with Crippen LogP contribution < -0.4 is 10.1 Å². The summed E-state index contributed by atoms with van der Waals surface area (Å²) < 4.78 is 10.7. The molecule has 3 aromatic carbocycles. The second-order valence-corrected chi connectivity index (χ2v) is 7.52. The third-order valence-electron chi connectivity index (χ3n) is 5.19. The number of benzene rings is 3. The predicted molar refractivity (Wildman–Crippen MR) is 120 cm³/mol. The van der Waals surface area contributed by atoms with Crippen LogP contribution in [0.4, 0.5) is 0 Å². The van der Waals surface area contributed by atoms with Crippen LogP contribution in [0.15, 0.2) is 66.7 Å². The molecule has 4 rings (SSSR count). The van der Waals surface area contributed by atoms with Gasteiger partial charge in [0.2, 0.25) is 0 Å². The van der Waals surface area contributed by atoms with Crippen LogP contribution in [0.1, 0.15) is 47.8 Å². The van der Waals surface area contributed by atoms with Gasteiger partial charge in [-0.05, 0) is 30.7 Å². The molecule has 1 aliphatic rings. The fourth-order valence-corrected chi connectivity index (χ4v) is 3.64. The molecule has 1 N–H and O–H groups in total. The molecular weight excluding hydrogens is 422 g/mol. The van der Waals surface area contributed by atoms with E-state index >= 15 is 0 Å². The molecule has 0 saturated heterocycles. The number of hydrogen-bond donors (Lipinski definition) is 1. The zero-order valence-electron chi connectivity index (χ0n) is 17.9. The van der Waals surface area contributed by atoms with Gasteiger partial charge in [0.15, 0.2) is 18.2 Å². The molecule has 1 aliphatic carbocycles. The maximum Gasteiger partial charge on any atom is 0.339 e. The minimum atomic E-state index is -0.849. The SMILES string of the molecule is Cc1cccc(OCCNC(=O)COC(=O)c2cccc3c2C(=O)c2ccccc2C3=O)c1. The van der Waals surface area contributed by atoms with Crippen molar-refractivity contribution in [3.8, 4) is 5.75 Å². The molecule has 0 fully saturated rings. The molecule has 0 atom stereocenters. The number of nitrogens with one attached hydrogen (secondary N) is 1. The van der Waals surface area contributed by atoms with E-state index in [0.717, 1.165) is 5.56 Å². The predicted octanol–water partition coefficient (Wildman–Crippen LogP) is 3.12. The van der Waals surface area contributed by atoms with Crippen molar-refractivity contribution in [1.82, 2.24) is 5.32 Å². The van der Waals surface area contributed by atoms with Gasteiger partial charge in [0.1, 0.15) is 12.4 Å². The fourth-order valence-electron chi connectivity index (χ4n) is 3.64. The second-order valence-electron chi connectivity index (χ2n) is 7.52. The first-order valence-corrected chi connectivity index (χ1v) is 10.4. The summed E-state index contributed by atoms with van der Waals surface area (Å²) in [5, 5.41) is 2.60. The van der Waals surface area contributed by atoms with Gasteiger partial charge in [-0.2, -0.15) is 0 Å². The summed E-state index contributed by atoms with van der Waals surface area (Å²) in [4.78, 5) is 50.4. The van der Waals surface area contributed by atoms with E-state index in [-0.39, 0.29) is 41.2 Å². The maximum absolute atomic E-state index is 13.0. The quantitative estimate of drug-likeness (QED) is 0.348. The van der Waals surface area contributed by atoms with Crippen LogP contribution in [0.5, 0.6) is 5.75 Å². The van der Waals surface area contributed by atoms with E-state index < -0.39 is 24.3 Å². The van der Waals surface area contributed by atoms with Crippen molar-refractivity contribution < 1.29 is 28.7 Å². The average Bonchev–Trinajstić information content (AvgIpc) is 2.83. The van der Waals surface area contributed by atoms with Crippen molar-refractivity contribution in [1.29, 1.82) is 0 Å². The Balaban J connectivity index is 1.35. The number of hydrogen-bond acceptors (Lipinski definition) is 6. The number of fused-ring (bicyclic) bond motifs is 2. The Bertz CT molecular complexity index is 1260.